The monoisotopic (exact) mass is 233 g/mol. The lowest BCUT2D eigenvalue weighted by atomic mass is 10.1. The third-order valence-corrected chi connectivity index (χ3v) is 2.66. The van der Waals surface area contributed by atoms with E-state index in [2.05, 4.69) is 4.98 Å². The van der Waals surface area contributed by atoms with Crippen molar-refractivity contribution in [1.29, 1.82) is 0 Å². The molecule has 0 radical (unpaired) electrons. The molecule has 0 bridgehead atoms. The molecule has 0 atom stereocenters. The minimum absolute atomic E-state index is 0.0115. The van der Waals surface area contributed by atoms with Gasteiger partial charge in [0, 0.05) is 16.8 Å². The SMILES string of the molecule is Fc1cc2nc3ccccc3cc2c(F)c1F. The lowest BCUT2D eigenvalue weighted by molar-refractivity contribution is 0.453. The van der Waals surface area contributed by atoms with Crippen molar-refractivity contribution in [2.24, 2.45) is 0 Å². The molecule has 84 valence electrons. The van der Waals surface area contributed by atoms with Crippen molar-refractivity contribution in [3.8, 4) is 0 Å². The summed E-state index contributed by atoms with van der Waals surface area (Å²) in [5.41, 5.74) is 0.727. The highest BCUT2D eigenvalue weighted by atomic mass is 19.2. The molecule has 0 aliphatic heterocycles. The van der Waals surface area contributed by atoms with Gasteiger partial charge < -0.3 is 0 Å². The largest absolute Gasteiger partial charge is 0.248 e. The van der Waals surface area contributed by atoms with Gasteiger partial charge in [0.25, 0.3) is 0 Å². The van der Waals surface area contributed by atoms with Crippen molar-refractivity contribution < 1.29 is 13.2 Å². The Morgan fingerprint density at radius 3 is 2.41 bits per heavy atom. The Labute approximate surface area is 94.5 Å². The molecule has 3 aromatic rings. The first kappa shape index (κ1) is 10.1. The van der Waals surface area contributed by atoms with Gasteiger partial charge in [0.15, 0.2) is 17.5 Å². The van der Waals surface area contributed by atoms with Crippen molar-refractivity contribution in [2.45, 2.75) is 0 Å². The fourth-order valence-corrected chi connectivity index (χ4v) is 1.82. The maximum Gasteiger partial charge on any atom is 0.195 e. The molecular formula is C13H6F3N. The summed E-state index contributed by atoms with van der Waals surface area (Å²) in [5.74, 6) is -3.88. The maximum absolute atomic E-state index is 13.5. The van der Waals surface area contributed by atoms with E-state index in [9.17, 15) is 13.2 Å². The molecule has 0 fully saturated rings. The second-order valence-electron chi connectivity index (χ2n) is 3.73. The van der Waals surface area contributed by atoms with Crippen LogP contribution in [0.15, 0.2) is 36.4 Å². The number of aromatic nitrogens is 1. The van der Waals surface area contributed by atoms with Crippen LogP contribution < -0.4 is 0 Å². The number of halogens is 3. The van der Waals surface area contributed by atoms with Gasteiger partial charge in [-0.15, -0.1) is 0 Å². The highest BCUT2D eigenvalue weighted by Crippen LogP contribution is 2.25. The second kappa shape index (κ2) is 3.45. The molecular weight excluding hydrogens is 227 g/mol. The van der Waals surface area contributed by atoms with Crippen LogP contribution in [-0.2, 0) is 0 Å². The summed E-state index contributed by atoms with van der Waals surface area (Å²) in [7, 11) is 0. The topological polar surface area (TPSA) is 12.9 Å². The predicted octanol–water partition coefficient (Wildman–Crippen LogP) is 3.81. The Morgan fingerprint density at radius 1 is 0.824 bits per heavy atom. The molecule has 0 saturated heterocycles. The number of benzene rings is 2. The number of nitrogens with zero attached hydrogens (tertiary/aromatic N) is 1. The van der Waals surface area contributed by atoms with E-state index < -0.39 is 17.5 Å². The molecule has 17 heavy (non-hydrogen) atoms. The van der Waals surface area contributed by atoms with Crippen LogP contribution in [0.3, 0.4) is 0 Å². The highest BCUT2D eigenvalue weighted by molar-refractivity contribution is 5.92. The van der Waals surface area contributed by atoms with E-state index in [0.29, 0.717) is 10.9 Å². The first-order valence-corrected chi connectivity index (χ1v) is 5.00. The van der Waals surface area contributed by atoms with Crippen LogP contribution >= 0.6 is 0 Å². The lowest BCUT2D eigenvalue weighted by Crippen LogP contribution is -1.94. The van der Waals surface area contributed by atoms with E-state index in [1.807, 2.05) is 0 Å². The zero-order chi connectivity index (χ0) is 12.0. The Morgan fingerprint density at radius 2 is 1.59 bits per heavy atom. The van der Waals surface area contributed by atoms with Crippen molar-refractivity contribution in [2.75, 3.05) is 0 Å². The maximum atomic E-state index is 13.5. The predicted molar refractivity (Wildman–Crippen MR) is 59.1 cm³/mol. The van der Waals surface area contributed by atoms with Crippen LogP contribution in [0.2, 0.25) is 0 Å². The van der Waals surface area contributed by atoms with Gasteiger partial charge in [0.05, 0.1) is 11.0 Å². The molecule has 0 amide bonds. The van der Waals surface area contributed by atoms with Gasteiger partial charge in [0.2, 0.25) is 0 Å². The molecule has 0 unspecified atom stereocenters. The van der Waals surface area contributed by atoms with Crippen LogP contribution in [0.1, 0.15) is 0 Å². The summed E-state index contributed by atoms with van der Waals surface area (Å²) >= 11 is 0. The molecule has 0 N–H and O–H groups in total. The van der Waals surface area contributed by atoms with Crippen LogP contribution in [0.25, 0.3) is 21.8 Å². The number of fused-ring (bicyclic) bond motifs is 2. The second-order valence-corrected chi connectivity index (χ2v) is 3.73. The number of hydrogen-bond acceptors (Lipinski definition) is 1. The summed E-state index contributed by atoms with van der Waals surface area (Å²) in [6.07, 6.45) is 0. The van der Waals surface area contributed by atoms with E-state index in [1.165, 1.54) is 6.07 Å². The molecule has 0 spiro atoms. The minimum atomic E-state index is -1.46. The third-order valence-electron chi connectivity index (χ3n) is 2.66. The smallest absolute Gasteiger partial charge is 0.195 e. The van der Waals surface area contributed by atoms with E-state index in [1.54, 1.807) is 24.3 Å². The lowest BCUT2D eigenvalue weighted by Gasteiger charge is -2.04. The zero-order valence-electron chi connectivity index (χ0n) is 8.55. The van der Waals surface area contributed by atoms with Gasteiger partial charge in [0.1, 0.15) is 0 Å². The Kier molecular flexibility index (Phi) is 2.04. The van der Waals surface area contributed by atoms with Crippen molar-refractivity contribution >= 4 is 21.8 Å². The minimum Gasteiger partial charge on any atom is -0.248 e. The fraction of sp³-hybridized carbons (Fsp3) is 0. The van der Waals surface area contributed by atoms with E-state index >= 15 is 0 Å². The number of hydrogen-bond donors (Lipinski definition) is 0. The first-order valence-electron chi connectivity index (χ1n) is 5.00. The summed E-state index contributed by atoms with van der Waals surface area (Å²) < 4.78 is 39.7. The average Bonchev–Trinajstić information content (AvgIpc) is 2.34. The van der Waals surface area contributed by atoms with Gasteiger partial charge >= 0.3 is 0 Å². The van der Waals surface area contributed by atoms with Crippen molar-refractivity contribution in [3.05, 3.63) is 53.8 Å². The molecule has 3 rings (SSSR count). The third kappa shape index (κ3) is 1.45. The molecule has 1 heterocycles. The number of pyridine rings is 1. The molecule has 1 aromatic heterocycles. The van der Waals surface area contributed by atoms with Crippen molar-refractivity contribution in [3.63, 3.8) is 0 Å². The molecule has 4 heteroatoms. The van der Waals surface area contributed by atoms with E-state index in [-0.39, 0.29) is 10.9 Å². The Hall–Kier alpha value is -2.10. The normalized spacial score (nSPS) is 11.2. The van der Waals surface area contributed by atoms with Gasteiger partial charge in [-0.1, -0.05) is 18.2 Å². The molecule has 0 saturated carbocycles. The van der Waals surface area contributed by atoms with Gasteiger partial charge in [-0.3, -0.25) is 0 Å². The molecule has 0 aliphatic carbocycles. The molecule has 2 aromatic carbocycles. The van der Waals surface area contributed by atoms with E-state index in [4.69, 9.17) is 0 Å². The number of para-hydroxylation sites is 1. The van der Waals surface area contributed by atoms with Crippen LogP contribution in [0, 0.1) is 17.5 Å². The van der Waals surface area contributed by atoms with Gasteiger partial charge in [-0.25, -0.2) is 18.2 Å². The average molecular weight is 233 g/mol. The zero-order valence-corrected chi connectivity index (χ0v) is 8.55. The molecule has 1 nitrogen and oxygen atoms in total. The van der Waals surface area contributed by atoms with Crippen LogP contribution in [0.4, 0.5) is 13.2 Å². The summed E-state index contributed by atoms with van der Waals surface area (Å²) in [4.78, 5) is 4.09. The standard InChI is InChI=1S/C13H6F3N/c14-9-6-11-8(12(15)13(9)16)5-7-3-1-2-4-10(7)17-11/h1-6H. The van der Waals surface area contributed by atoms with Crippen molar-refractivity contribution in [1.82, 2.24) is 4.98 Å². The Bertz CT molecular complexity index is 737. The summed E-state index contributed by atoms with van der Waals surface area (Å²) in [6, 6.07) is 9.39. The molecule has 0 aliphatic rings. The van der Waals surface area contributed by atoms with Crippen LogP contribution in [0.5, 0.6) is 0 Å². The van der Waals surface area contributed by atoms with E-state index in [0.717, 1.165) is 6.07 Å². The number of rotatable bonds is 0. The van der Waals surface area contributed by atoms with Gasteiger partial charge in [-0.2, -0.15) is 0 Å². The fourth-order valence-electron chi connectivity index (χ4n) is 1.82. The quantitative estimate of drug-likeness (QED) is 0.425. The highest BCUT2D eigenvalue weighted by Gasteiger charge is 2.14. The summed E-state index contributed by atoms with van der Waals surface area (Å²) in [5, 5.41) is 0.674. The first-order chi connectivity index (χ1) is 8.16. The van der Waals surface area contributed by atoms with Gasteiger partial charge in [-0.05, 0) is 12.1 Å². The summed E-state index contributed by atoms with van der Waals surface area (Å²) in [6.45, 7) is 0. The van der Waals surface area contributed by atoms with Crippen LogP contribution in [-0.4, -0.2) is 4.98 Å². The Balaban J connectivity index is 2.52.